The lowest BCUT2D eigenvalue weighted by molar-refractivity contribution is 0.294. The van der Waals surface area contributed by atoms with E-state index >= 15 is 0 Å². The maximum absolute atomic E-state index is 5.97. The molecule has 3 heterocycles. The van der Waals surface area contributed by atoms with Crippen LogP contribution in [0.3, 0.4) is 0 Å². The van der Waals surface area contributed by atoms with Crippen molar-refractivity contribution in [2.24, 2.45) is 0 Å². The normalized spacial score (nSPS) is 10.9. The fraction of sp³-hybridized carbons (Fsp3) is 0.154. The van der Waals surface area contributed by atoms with Crippen LogP contribution in [0.1, 0.15) is 11.4 Å². The second-order valence-corrected chi connectivity index (χ2v) is 7.87. The van der Waals surface area contributed by atoms with Crippen molar-refractivity contribution in [1.29, 1.82) is 0 Å². The summed E-state index contributed by atoms with van der Waals surface area (Å²) in [6, 6.07) is 17.6. The van der Waals surface area contributed by atoms with Gasteiger partial charge in [0.25, 0.3) is 0 Å². The molecule has 0 saturated carbocycles. The molecule has 34 heavy (non-hydrogen) atoms. The van der Waals surface area contributed by atoms with Crippen LogP contribution in [0, 0.1) is 0 Å². The van der Waals surface area contributed by atoms with E-state index in [9.17, 15) is 0 Å². The Balaban J connectivity index is 1.51. The van der Waals surface area contributed by atoms with Crippen molar-refractivity contribution in [3.05, 3.63) is 90.8 Å². The maximum Gasteiger partial charge on any atom is 0.168 e. The van der Waals surface area contributed by atoms with Crippen LogP contribution in [-0.2, 0) is 13.2 Å². The third-order valence-electron chi connectivity index (χ3n) is 5.47. The molecule has 0 spiro atoms. The van der Waals surface area contributed by atoms with E-state index in [2.05, 4.69) is 32.2 Å². The number of anilines is 1. The van der Waals surface area contributed by atoms with Crippen LogP contribution in [0.2, 0.25) is 0 Å². The van der Waals surface area contributed by atoms with Crippen molar-refractivity contribution in [2.75, 3.05) is 19.1 Å². The molecule has 0 aliphatic carbocycles. The van der Waals surface area contributed by atoms with Crippen LogP contribution in [0.25, 0.3) is 22.0 Å². The smallest absolute Gasteiger partial charge is 0.168 e. The number of H-pyrrole nitrogens is 1. The first-order chi connectivity index (χ1) is 16.7. The molecule has 3 aromatic heterocycles. The second kappa shape index (κ2) is 9.58. The first-order valence-electron chi connectivity index (χ1n) is 10.9. The Hall–Kier alpha value is -4.46. The first kappa shape index (κ1) is 21.4. The Bertz CT molecular complexity index is 1390. The highest BCUT2D eigenvalue weighted by atomic mass is 16.5. The molecule has 8 nitrogen and oxygen atoms in total. The number of nitrogens with one attached hydrogen (secondary N) is 1. The number of aromatic nitrogens is 5. The van der Waals surface area contributed by atoms with Crippen LogP contribution in [0.4, 0.5) is 5.82 Å². The number of pyridine rings is 1. The summed E-state index contributed by atoms with van der Waals surface area (Å²) in [6.07, 6.45) is 7.31. The Labute approximate surface area is 197 Å². The highest BCUT2D eigenvalue weighted by Crippen LogP contribution is 2.30. The van der Waals surface area contributed by atoms with Crippen molar-refractivity contribution in [3.63, 3.8) is 0 Å². The molecule has 0 saturated heterocycles. The van der Waals surface area contributed by atoms with Crippen LogP contribution < -0.4 is 14.4 Å². The topological polar surface area (TPSA) is 89.0 Å². The van der Waals surface area contributed by atoms with Gasteiger partial charge >= 0.3 is 0 Å². The van der Waals surface area contributed by atoms with Gasteiger partial charge in [0.2, 0.25) is 0 Å². The lowest BCUT2D eigenvalue weighted by Crippen LogP contribution is -2.19. The van der Waals surface area contributed by atoms with E-state index in [0.717, 1.165) is 39.2 Å². The van der Waals surface area contributed by atoms with Crippen molar-refractivity contribution in [3.8, 4) is 22.6 Å². The molecule has 170 valence electrons. The Morgan fingerprint density at radius 3 is 2.65 bits per heavy atom. The van der Waals surface area contributed by atoms with Crippen LogP contribution in [-0.4, -0.2) is 39.3 Å². The molecular formula is C26H24N6O2. The fourth-order valence-corrected chi connectivity index (χ4v) is 3.78. The molecular weight excluding hydrogens is 428 g/mol. The number of nitrogens with zero attached hydrogens (tertiary/aromatic N) is 5. The summed E-state index contributed by atoms with van der Waals surface area (Å²) in [5, 5.41) is 7.90. The third kappa shape index (κ3) is 4.66. The first-order valence-corrected chi connectivity index (χ1v) is 10.9. The molecule has 2 aromatic carbocycles. The van der Waals surface area contributed by atoms with E-state index in [4.69, 9.17) is 19.4 Å². The van der Waals surface area contributed by atoms with Crippen molar-refractivity contribution >= 4 is 16.7 Å². The van der Waals surface area contributed by atoms with E-state index in [1.807, 2.05) is 61.9 Å². The summed E-state index contributed by atoms with van der Waals surface area (Å²) in [4.78, 5) is 16.0. The summed E-state index contributed by atoms with van der Waals surface area (Å²) in [6.45, 7) is 0.895. The largest absolute Gasteiger partial charge is 0.497 e. The molecule has 0 fully saturated rings. The second-order valence-electron chi connectivity index (χ2n) is 7.87. The molecule has 5 aromatic rings. The van der Waals surface area contributed by atoms with Crippen molar-refractivity contribution in [2.45, 2.75) is 13.2 Å². The summed E-state index contributed by atoms with van der Waals surface area (Å²) in [7, 11) is 3.65. The van der Waals surface area contributed by atoms with E-state index in [0.29, 0.717) is 18.1 Å². The highest BCUT2D eigenvalue weighted by Gasteiger charge is 2.15. The number of fused-ring (bicyclic) bond motifs is 1. The molecule has 0 amide bonds. The fourth-order valence-electron chi connectivity index (χ4n) is 3.78. The molecule has 0 unspecified atom stereocenters. The summed E-state index contributed by atoms with van der Waals surface area (Å²) >= 11 is 0. The Kier molecular flexibility index (Phi) is 6.03. The van der Waals surface area contributed by atoms with Crippen molar-refractivity contribution in [1.82, 2.24) is 25.1 Å². The number of hydrogen-bond donors (Lipinski definition) is 1. The zero-order chi connectivity index (χ0) is 23.3. The summed E-state index contributed by atoms with van der Waals surface area (Å²) in [5.74, 6) is 2.85. The number of hydrogen-bond acceptors (Lipinski definition) is 7. The number of aromatic amines is 1. The van der Waals surface area contributed by atoms with Gasteiger partial charge in [-0.1, -0.05) is 18.2 Å². The van der Waals surface area contributed by atoms with Crippen LogP contribution in [0.5, 0.6) is 11.5 Å². The van der Waals surface area contributed by atoms with Crippen LogP contribution in [0.15, 0.2) is 79.4 Å². The van der Waals surface area contributed by atoms with Crippen molar-refractivity contribution < 1.29 is 9.47 Å². The molecule has 0 atom stereocenters. The molecule has 0 radical (unpaired) electrons. The Morgan fingerprint density at radius 2 is 1.85 bits per heavy atom. The van der Waals surface area contributed by atoms with E-state index < -0.39 is 0 Å². The molecule has 0 aliphatic rings. The number of rotatable bonds is 8. The van der Waals surface area contributed by atoms with Gasteiger partial charge in [0.1, 0.15) is 23.9 Å². The monoisotopic (exact) mass is 452 g/mol. The summed E-state index contributed by atoms with van der Waals surface area (Å²) < 4.78 is 11.3. The highest BCUT2D eigenvalue weighted by molar-refractivity contribution is 5.93. The van der Waals surface area contributed by atoms with Gasteiger partial charge in [-0.2, -0.15) is 5.10 Å². The predicted molar refractivity (Wildman–Crippen MR) is 131 cm³/mol. The lowest BCUT2D eigenvalue weighted by Gasteiger charge is -2.21. The van der Waals surface area contributed by atoms with E-state index in [1.165, 1.54) is 0 Å². The minimum absolute atomic E-state index is 0.236. The average Bonchev–Trinajstić information content (AvgIpc) is 3.42. The summed E-state index contributed by atoms with van der Waals surface area (Å²) in [5.41, 5.74) is 3.99. The van der Waals surface area contributed by atoms with E-state index in [-0.39, 0.29) is 6.61 Å². The molecule has 0 aliphatic heterocycles. The molecule has 1 N–H and O–H groups in total. The third-order valence-corrected chi connectivity index (χ3v) is 5.47. The lowest BCUT2D eigenvalue weighted by atomic mass is 10.1. The van der Waals surface area contributed by atoms with Gasteiger partial charge in [0.05, 0.1) is 18.8 Å². The number of benzene rings is 2. The zero-order valence-electron chi connectivity index (χ0n) is 19.0. The predicted octanol–water partition coefficient (Wildman–Crippen LogP) is 4.64. The molecule has 0 bridgehead atoms. The minimum atomic E-state index is 0.236. The number of methoxy groups -OCH3 is 1. The van der Waals surface area contributed by atoms with Gasteiger partial charge in [0, 0.05) is 49.2 Å². The maximum atomic E-state index is 5.97. The Morgan fingerprint density at radius 1 is 0.941 bits per heavy atom. The van der Waals surface area contributed by atoms with Crippen LogP contribution >= 0.6 is 0 Å². The van der Waals surface area contributed by atoms with E-state index in [1.54, 1.807) is 19.5 Å². The minimum Gasteiger partial charge on any atom is -0.497 e. The van der Waals surface area contributed by atoms with Gasteiger partial charge in [0.15, 0.2) is 5.82 Å². The zero-order valence-corrected chi connectivity index (χ0v) is 19.0. The van der Waals surface area contributed by atoms with Gasteiger partial charge in [-0.05, 0) is 41.5 Å². The quantitative estimate of drug-likeness (QED) is 0.367. The molecule has 5 rings (SSSR count). The average molecular weight is 453 g/mol. The number of ether oxygens (including phenoxy) is 2. The van der Waals surface area contributed by atoms with Gasteiger partial charge in [-0.15, -0.1) is 0 Å². The van der Waals surface area contributed by atoms with Gasteiger partial charge < -0.3 is 14.4 Å². The van der Waals surface area contributed by atoms with Gasteiger partial charge in [-0.3, -0.25) is 10.1 Å². The van der Waals surface area contributed by atoms with Gasteiger partial charge in [-0.25, -0.2) is 9.97 Å². The molecule has 8 heteroatoms. The standard InChI is InChI=1S/C26H24N6O2/c1-32(16-18-5-4-10-27-13-18)26-23-11-19(20-14-28-29-15-20)8-9-24(23)30-25(31-26)17-34-22-7-3-6-21(12-22)33-2/h3-15H,16-17H2,1-2H3,(H,28,29). The SMILES string of the molecule is COc1cccc(OCc2nc(N(C)Cc3cccnc3)c3cc(-c4cn[nH]c4)ccc3n2)c1.